The summed E-state index contributed by atoms with van der Waals surface area (Å²) in [7, 11) is 1.35. The van der Waals surface area contributed by atoms with Crippen molar-refractivity contribution in [1.29, 1.82) is 0 Å². The molecule has 5 N–H and O–H groups in total. The monoisotopic (exact) mass is 652 g/mol. The highest BCUT2D eigenvalue weighted by Gasteiger charge is 2.29. The molecule has 254 valence electrons. The molecule has 2 aromatic heterocycles. The van der Waals surface area contributed by atoms with E-state index in [0.29, 0.717) is 58.2 Å². The molecule has 0 atom stereocenters. The minimum atomic E-state index is -1.11. The van der Waals surface area contributed by atoms with Crippen LogP contribution in [0.1, 0.15) is 53.2 Å². The molecule has 0 aliphatic carbocycles. The zero-order valence-corrected chi connectivity index (χ0v) is 27.9. The number of ether oxygens (including phenoxy) is 3. The van der Waals surface area contributed by atoms with Crippen molar-refractivity contribution >= 4 is 45.1 Å². The number of aliphatic hydroxyl groups is 2. The van der Waals surface area contributed by atoms with Gasteiger partial charge in [-0.25, -0.2) is 19.6 Å². The molecule has 0 aliphatic rings. The highest BCUT2D eigenvalue weighted by atomic mass is 16.5. The van der Waals surface area contributed by atoms with E-state index in [9.17, 15) is 14.7 Å². The number of esters is 1. The Morgan fingerprint density at radius 3 is 1.51 bits per heavy atom. The molecule has 0 saturated heterocycles. The summed E-state index contributed by atoms with van der Waals surface area (Å²) in [5.74, 6) is 0.815. The third-order valence-electron chi connectivity index (χ3n) is 6.85. The molecule has 14 nitrogen and oxygen atoms in total. The van der Waals surface area contributed by atoms with E-state index in [-0.39, 0.29) is 32.4 Å². The number of nitrogens with zero attached hydrogens (tertiary/aromatic N) is 4. The van der Waals surface area contributed by atoms with Gasteiger partial charge in [0, 0.05) is 24.2 Å². The maximum absolute atomic E-state index is 11.8. The van der Waals surface area contributed by atoms with Crippen molar-refractivity contribution in [3.8, 4) is 11.8 Å². The number of carboxylic acids is 1. The largest absolute Gasteiger partial charge is 0.480 e. The number of aromatic nitrogens is 4. The van der Waals surface area contributed by atoms with Gasteiger partial charge < -0.3 is 40.2 Å². The Bertz CT molecular complexity index is 1700. The van der Waals surface area contributed by atoms with Crippen LogP contribution >= 0.6 is 0 Å². The predicted molar refractivity (Wildman–Crippen MR) is 178 cm³/mol. The van der Waals surface area contributed by atoms with Gasteiger partial charge in [-0.15, -0.1) is 0 Å². The van der Waals surface area contributed by atoms with Gasteiger partial charge in [-0.3, -0.25) is 0 Å². The van der Waals surface area contributed by atoms with Crippen LogP contribution in [0, 0.1) is 0 Å². The zero-order valence-electron chi connectivity index (χ0n) is 27.9. The van der Waals surface area contributed by atoms with E-state index < -0.39 is 17.0 Å². The number of nitrogens with one attached hydrogen (secondary N) is 2. The number of benzene rings is 2. The number of anilines is 2. The molecule has 0 bridgehead atoms. The van der Waals surface area contributed by atoms with Crippen LogP contribution in [0.25, 0.3) is 21.8 Å². The third kappa shape index (κ3) is 9.59. The number of fused-ring (bicyclic) bond motifs is 2. The molecule has 0 amide bonds. The molecule has 0 fully saturated rings. The van der Waals surface area contributed by atoms with Crippen LogP contribution in [0.4, 0.5) is 11.4 Å². The van der Waals surface area contributed by atoms with Gasteiger partial charge in [0.05, 0.1) is 42.1 Å². The van der Waals surface area contributed by atoms with Crippen LogP contribution in [0.15, 0.2) is 36.4 Å². The van der Waals surface area contributed by atoms with Gasteiger partial charge in [-0.2, -0.15) is 9.97 Å². The quantitative estimate of drug-likeness (QED) is 0.123. The molecule has 0 aliphatic heterocycles. The summed E-state index contributed by atoms with van der Waals surface area (Å²) in [6.07, 6.45) is 1.35. The zero-order chi connectivity index (χ0) is 34.8. The number of aryl methyl sites for hydroxylation is 2. The summed E-state index contributed by atoms with van der Waals surface area (Å²) >= 11 is 0. The Labute approximate surface area is 273 Å². The number of methoxy groups -OCH3 is 1. The maximum Gasteiger partial charge on any atom is 0.330 e. The summed E-state index contributed by atoms with van der Waals surface area (Å²) in [6.45, 7) is 10.6. The summed E-state index contributed by atoms with van der Waals surface area (Å²) in [5.41, 5.74) is 0.828. The maximum atomic E-state index is 11.8. The van der Waals surface area contributed by atoms with Crippen molar-refractivity contribution in [3.05, 3.63) is 48.0 Å². The molecule has 4 aromatic rings. The second-order valence-electron chi connectivity index (χ2n) is 11.5. The standard InChI is InChI=1S/C17H23N3O4.C16H21N3O4/c1-5-14-18-13-7-6-11(20-17(2,3)16(22)23-4)10-12(13)15(19-14)24-9-8-21;1-4-13-17-12-6-5-10(19-16(2,3)15(21)22)9-11(12)14(18-13)23-8-7-20/h6-7,10,20-21H,5,8-9H2,1-4H3;5-6,9,19-20H,4,7-8H2,1-3H3,(H,21,22). The van der Waals surface area contributed by atoms with Crippen LogP contribution < -0.4 is 20.1 Å². The lowest BCUT2D eigenvalue weighted by molar-refractivity contribution is -0.144. The van der Waals surface area contributed by atoms with E-state index in [4.69, 9.17) is 24.4 Å². The molecule has 2 heterocycles. The summed E-state index contributed by atoms with van der Waals surface area (Å²) in [4.78, 5) is 40.7. The lowest BCUT2D eigenvalue weighted by Crippen LogP contribution is -2.41. The van der Waals surface area contributed by atoms with Crippen LogP contribution in [-0.4, -0.2) is 91.8 Å². The lowest BCUT2D eigenvalue weighted by atomic mass is 10.1. The van der Waals surface area contributed by atoms with Crippen molar-refractivity contribution in [2.24, 2.45) is 0 Å². The number of carbonyl (C=O) groups excluding carboxylic acids is 1. The first-order valence-electron chi connectivity index (χ1n) is 15.2. The number of hydrogen-bond acceptors (Lipinski definition) is 13. The van der Waals surface area contributed by atoms with Crippen molar-refractivity contribution < 1.29 is 39.1 Å². The van der Waals surface area contributed by atoms with E-state index in [1.54, 1.807) is 45.9 Å². The molecule has 0 unspecified atom stereocenters. The fraction of sp³-hybridized carbons (Fsp3) is 0.455. The molecule has 0 spiro atoms. The van der Waals surface area contributed by atoms with Crippen LogP contribution in [0.2, 0.25) is 0 Å². The number of carbonyl (C=O) groups is 2. The van der Waals surface area contributed by atoms with Crippen molar-refractivity contribution in [2.75, 3.05) is 44.2 Å². The van der Waals surface area contributed by atoms with Gasteiger partial charge in [0.25, 0.3) is 0 Å². The molecular weight excluding hydrogens is 608 g/mol. The van der Waals surface area contributed by atoms with Gasteiger partial charge in [-0.1, -0.05) is 13.8 Å². The third-order valence-corrected chi connectivity index (χ3v) is 6.85. The topological polar surface area (TPSA) is 198 Å². The van der Waals surface area contributed by atoms with Crippen molar-refractivity contribution in [1.82, 2.24) is 19.9 Å². The van der Waals surface area contributed by atoms with Crippen LogP contribution in [0.3, 0.4) is 0 Å². The van der Waals surface area contributed by atoms with Gasteiger partial charge in [0.1, 0.15) is 35.9 Å². The Morgan fingerprint density at radius 2 is 1.15 bits per heavy atom. The summed E-state index contributed by atoms with van der Waals surface area (Å²) in [6, 6.07) is 10.8. The van der Waals surface area contributed by atoms with Gasteiger partial charge in [0.15, 0.2) is 0 Å². The van der Waals surface area contributed by atoms with E-state index >= 15 is 0 Å². The molecule has 0 saturated carbocycles. The summed E-state index contributed by atoms with van der Waals surface area (Å²) < 4.78 is 15.8. The molecule has 0 radical (unpaired) electrons. The average Bonchev–Trinajstić information content (AvgIpc) is 3.05. The number of hydrogen-bond donors (Lipinski definition) is 5. The van der Waals surface area contributed by atoms with Gasteiger partial charge >= 0.3 is 11.9 Å². The van der Waals surface area contributed by atoms with Crippen LogP contribution in [0.5, 0.6) is 11.8 Å². The van der Waals surface area contributed by atoms with E-state index in [2.05, 4.69) is 30.6 Å². The average molecular weight is 653 g/mol. The molecule has 47 heavy (non-hydrogen) atoms. The Hall–Kier alpha value is -4.82. The first-order chi connectivity index (χ1) is 22.3. The minimum Gasteiger partial charge on any atom is -0.480 e. The van der Waals surface area contributed by atoms with E-state index in [1.165, 1.54) is 7.11 Å². The first-order valence-corrected chi connectivity index (χ1v) is 15.2. The molecule has 4 rings (SSSR count). The van der Waals surface area contributed by atoms with Gasteiger partial charge in [-0.05, 0) is 64.1 Å². The second-order valence-corrected chi connectivity index (χ2v) is 11.5. The number of rotatable bonds is 14. The fourth-order valence-electron chi connectivity index (χ4n) is 4.35. The number of aliphatic carboxylic acids is 1. The van der Waals surface area contributed by atoms with Crippen molar-refractivity contribution in [2.45, 2.75) is 65.5 Å². The van der Waals surface area contributed by atoms with Crippen LogP contribution in [-0.2, 0) is 27.2 Å². The predicted octanol–water partition coefficient (Wildman–Crippen LogP) is 3.77. The second kappa shape index (κ2) is 16.1. The first kappa shape index (κ1) is 36.6. The molecular formula is C33H44N6O8. The lowest BCUT2D eigenvalue weighted by Gasteiger charge is -2.24. The highest BCUT2D eigenvalue weighted by Crippen LogP contribution is 2.29. The number of aliphatic hydroxyl groups excluding tert-OH is 2. The van der Waals surface area contributed by atoms with Gasteiger partial charge in [0.2, 0.25) is 11.8 Å². The normalized spacial score (nSPS) is 11.4. The smallest absolute Gasteiger partial charge is 0.330 e. The Balaban J connectivity index is 0.000000256. The molecule has 14 heteroatoms. The van der Waals surface area contributed by atoms with E-state index in [0.717, 1.165) is 11.2 Å². The number of carboxylic acid groups (broad SMARTS) is 1. The SMILES string of the molecule is CCc1nc(OCCO)c2cc(NC(C)(C)C(=O)O)ccc2n1.CCc1nc(OCCO)c2cc(NC(C)(C)C(=O)OC)ccc2n1. The Kier molecular flexibility index (Phi) is 12.6. The highest BCUT2D eigenvalue weighted by molar-refractivity contribution is 5.90. The van der Waals surface area contributed by atoms with E-state index in [1.807, 2.05) is 32.0 Å². The van der Waals surface area contributed by atoms with Crippen molar-refractivity contribution in [3.63, 3.8) is 0 Å². The summed E-state index contributed by atoms with van der Waals surface area (Å²) in [5, 5.41) is 34.6. The fourth-order valence-corrected chi connectivity index (χ4v) is 4.35. The molecule has 2 aromatic carbocycles. The Morgan fingerprint density at radius 1 is 0.723 bits per heavy atom. The minimum absolute atomic E-state index is 0.0970.